The lowest BCUT2D eigenvalue weighted by Crippen LogP contribution is -2.43. The minimum absolute atomic E-state index is 0.334. The lowest BCUT2D eigenvalue weighted by Gasteiger charge is -2.32. The van der Waals surface area contributed by atoms with E-state index in [1.54, 1.807) is 0 Å². The zero-order chi connectivity index (χ0) is 15.1. The van der Waals surface area contributed by atoms with Crippen LogP contribution in [-0.2, 0) is 4.79 Å². The Morgan fingerprint density at radius 2 is 1.81 bits per heavy atom. The molecular weight excluding hydrogens is 262 g/mol. The smallest absolute Gasteiger partial charge is 0.223 e. The molecule has 0 bridgehead atoms. The summed E-state index contributed by atoms with van der Waals surface area (Å²) in [5, 5.41) is 3.57. The second kappa shape index (κ2) is 8.54. The highest BCUT2D eigenvalue weighted by molar-refractivity contribution is 5.76. The van der Waals surface area contributed by atoms with Crippen molar-refractivity contribution in [3.63, 3.8) is 0 Å². The number of amides is 1. The van der Waals surface area contributed by atoms with E-state index in [-0.39, 0.29) is 0 Å². The Bertz CT molecular complexity index is 349. The molecule has 1 amide bonds. The average Bonchev–Trinajstić information content (AvgIpc) is 3.00. The van der Waals surface area contributed by atoms with E-state index in [4.69, 9.17) is 0 Å². The number of likely N-dealkylation sites (tertiary alicyclic amines) is 2. The van der Waals surface area contributed by atoms with Crippen molar-refractivity contribution in [2.45, 2.75) is 52.0 Å². The molecule has 4 nitrogen and oxygen atoms in total. The van der Waals surface area contributed by atoms with Crippen molar-refractivity contribution in [1.29, 1.82) is 0 Å². The molecule has 2 heterocycles. The average molecular weight is 293 g/mol. The van der Waals surface area contributed by atoms with Crippen molar-refractivity contribution in [2.75, 3.05) is 39.3 Å². The van der Waals surface area contributed by atoms with Gasteiger partial charge in [-0.25, -0.2) is 0 Å². The molecule has 0 aromatic carbocycles. The standard InChI is InChI=1S/C17H31N3O/c1-15(2)6-12-19-13-7-16(8-14-19)18-9-5-17(21)20-10-3-4-11-20/h6,16,18H,3-5,7-14H2,1-2H3. The van der Waals surface area contributed by atoms with E-state index >= 15 is 0 Å². The summed E-state index contributed by atoms with van der Waals surface area (Å²) in [6.45, 7) is 10.5. The van der Waals surface area contributed by atoms with Gasteiger partial charge in [0.2, 0.25) is 5.91 Å². The van der Waals surface area contributed by atoms with Crippen molar-refractivity contribution in [3.8, 4) is 0 Å². The molecule has 0 radical (unpaired) electrons. The van der Waals surface area contributed by atoms with Gasteiger partial charge in [0.15, 0.2) is 0 Å². The first-order valence-electron chi connectivity index (χ1n) is 8.52. The predicted octanol–water partition coefficient (Wildman–Crippen LogP) is 2.02. The fourth-order valence-electron chi connectivity index (χ4n) is 3.14. The fraction of sp³-hybridized carbons (Fsp3) is 0.824. The molecule has 2 aliphatic heterocycles. The number of nitrogens with zero attached hydrogens (tertiary/aromatic N) is 2. The van der Waals surface area contributed by atoms with Crippen LogP contribution < -0.4 is 5.32 Å². The number of carbonyl (C=O) groups is 1. The third-order valence-electron chi connectivity index (χ3n) is 4.58. The molecular formula is C17H31N3O. The molecule has 1 N–H and O–H groups in total. The first-order valence-corrected chi connectivity index (χ1v) is 8.52. The number of piperidine rings is 1. The number of carbonyl (C=O) groups excluding carboxylic acids is 1. The Morgan fingerprint density at radius 3 is 2.43 bits per heavy atom. The molecule has 0 aromatic rings. The summed E-state index contributed by atoms with van der Waals surface area (Å²) < 4.78 is 0. The number of allylic oxidation sites excluding steroid dienone is 1. The van der Waals surface area contributed by atoms with Crippen molar-refractivity contribution in [3.05, 3.63) is 11.6 Å². The summed E-state index contributed by atoms with van der Waals surface area (Å²) >= 11 is 0. The van der Waals surface area contributed by atoms with Crippen LogP contribution in [0.4, 0.5) is 0 Å². The summed E-state index contributed by atoms with van der Waals surface area (Å²) in [6, 6.07) is 0.597. The Kier molecular flexibility index (Phi) is 6.71. The van der Waals surface area contributed by atoms with Crippen LogP contribution in [0.2, 0.25) is 0 Å². The first-order chi connectivity index (χ1) is 10.1. The Balaban J connectivity index is 1.56. The van der Waals surface area contributed by atoms with E-state index in [0.29, 0.717) is 18.4 Å². The van der Waals surface area contributed by atoms with Crippen molar-refractivity contribution < 1.29 is 4.79 Å². The molecule has 2 fully saturated rings. The second-order valence-corrected chi connectivity index (χ2v) is 6.65. The van der Waals surface area contributed by atoms with Crippen molar-refractivity contribution >= 4 is 5.91 Å². The van der Waals surface area contributed by atoms with Gasteiger partial charge in [0.25, 0.3) is 0 Å². The van der Waals surface area contributed by atoms with Crippen LogP contribution in [0.1, 0.15) is 46.0 Å². The lowest BCUT2D eigenvalue weighted by molar-refractivity contribution is -0.130. The van der Waals surface area contributed by atoms with Gasteiger partial charge in [-0.2, -0.15) is 0 Å². The number of hydrogen-bond acceptors (Lipinski definition) is 3. The monoisotopic (exact) mass is 293 g/mol. The molecule has 2 saturated heterocycles. The maximum atomic E-state index is 12.0. The first kappa shape index (κ1) is 16.5. The highest BCUT2D eigenvalue weighted by atomic mass is 16.2. The second-order valence-electron chi connectivity index (χ2n) is 6.65. The maximum absolute atomic E-state index is 12.0. The van der Waals surface area contributed by atoms with Crippen molar-refractivity contribution in [2.24, 2.45) is 0 Å². The predicted molar refractivity (Wildman–Crippen MR) is 87.3 cm³/mol. The van der Waals surface area contributed by atoms with Crippen LogP contribution in [0, 0.1) is 0 Å². The molecule has 0 unspecified atom stereocenters. The van der Waals surface area contributed by atoms with Crippen LogP contribution in [0.3, 0.4) is 0 Å². The molecule has 2 aliphatic rings. The van der Waals surface area contributed by atoms with Gasteiger partial charge in [-0.1, -0.05) is 11.6 Å². The van der Waals surface area contributed by atoms with Gasteiger partial charge in [-0.15, -0.1) is 0 Å². The maximum Gasteiger partial charge on any atom is 0.223 e. The number of rotatable bonds is 6. The topological polar surface area (TPSA) is 35.6 Å². The largest absolute Gasteiger partial charge is 0.343 e. The summed E-state index contributed by atoms with van der Waals surface area (Å²) in [4.78, 5) is 16.5. The van der Waals surface area contributed by atoms with E-state index in [1.807, 2.05) is 4.90 Å². The minimum atomic E-state index is 0.334. The highest BCUT2D eigenvalue weighted by Crippen LogP contribution is 2.11. The fourth-order valence-corrected chi connectivity index (χ4v) is 3.14. The third kappa shape index (κ3) is 5.79. The molecule has 0 saturated carbocycles. The van der Waals surface area contributed by atoms with Gasteiger partial charge in [0, 0.05) is 38.6 Å². The van der Waals surface area contributed by atoms with Gasteiger partial charge < -0.3 is 10.2 Å². The minimum Gasteiger partial charge on any atom is -0.343 e. The van der Waals surface area contributed by atoms with Gasteiger partial charge in [-0.3, -0.25) is 9.69 Å². The van der Waals surface area contributed by atoms with E-state index in [9.17, 15) is 4.79 Å². The molecule has 21 heavy (non-hydrogen) atoms. The Labute approximate surface area is 129 Å². The molecule has 0 aliphatic carbocycles. The highest BCUT2D eigenvalue weighted by Gasteiger charge is 2.20. The zero-order valence-electron chi connectivity index (χ0n) is 13.7. The van der Waals surface area contributed by atoms with Crippen LogP contribution >= 0.6 is 0 Å². The summed E-state index contributed by atoms with van der Waals surface area (Å²) in [5.41, 5.74) is 1.40. The van der Waals surface area contributed by atoms with Gasteiger partial charge in [0.1, 0.15) is 0 Å². The molecule has 0 atom stereocenters. The Hall–Kier alpha value is -0.870. The van der Waals surface area contributed by atoms with Gasteiger partial charge in [-0.05, 0) is 52.6 Å². The van der Waals surface area contributed by atoms with Gasteiger partial charge >= 0.3 is 0 Å². The van der Waals surface area contributed by atoms with Gasteiger partial charge in [0.05, 0.1) is 0 Å². The summed E-state index contributed by atoms with van der Waals surface area (Å²) in [6.07, 6.45) is 7.75. The van der Waals surface area contributed by atoms with E-state index in [1.165, 1.54) is 44.3 Å². The number of hydrogen-bond donors (Lipinski definition) is 1. The van der Waals surface area contributed by atoms with E-state index in [0.717, 1.165) is 26.2 Å². The zero-order valence-corrected chi connectivity index (χ0v) is 13.7. The molecule has 4 heteroatoms. The van der Waals surface area contributed by atoms with E-state index < -0.39 is 0 Å². The summed E-state index contributed by atoms with van der Waals surface area (Å²) in [7, 11) is 0. The summed E-state index contributed by atoms with van der Waals surface area (Å²) in [5.74, 6) is 0.334. The van der Waals surface area contributed by atoms with Crippen molar-refractivity contribution in [1.82, 2.24) is 15.1 Å². The molecule has 120 valence electrons. The van der Waals surface area contributed by atoms with E-state index in [2.05, 4.69) is 30.1 Å². The van der Waals surface area contributed by atoms with Crippen LogP contribution in [0.25, 0.3) is 0 Å². The molecule has 0 spiro atoms. The third-order valence-corrected chi connectivity index (χ3v) is 4.58. The lowest BCUT2D eigenvalue weighted by atomic mass is 10.0. The normalized spacial score (nSPS) is 20.8. The quantitative estimate of drug-likeness (QED) is 0.761. The van der Waals surface area contributed by atoms with Crippen LogP contribution in [-0.4, -0.2) is 61.0 Å². The SMILES string of the molecule is CC(C)=CCN1CCC(NCCC(=O)N2CCCC2)CC1. The Morgan fingerprint density at radius 1 is 1.14 bits per heavy atom. The molecule has 0 aromatic heterocycles. The number of nitrogens with one attached hydrogen (secondary N) is 1. The van der Waals surface area contributed by atoms with Crippen LogP contribution in [0.15, 0.2) is 11.6 Å². The molecule has 2 rings (SSSR count). The van der Waals surface area contributed by atoms with Crippen LogP contribution in [0.5, 0.6) is 0 Å².